The quantitative estimate of drug-likeness (QED) is 0.547. The van der Waals surface area contributed by atoms with Gasteiger partial charge in [0.15, 0.2) is 0 Å². The summed E-state index contributed by atoms with van der Waals surface area (Å²) in [5.41, 5.74) is -0.0497. The first-order valence-corrected chi connectivity index (χ1v) is 5.09. The fourth-order valence-electron chi connectivity index (χ4n) is 0.729. The van der Waals surface area contributed by atoms with E-state index in [1.807, 2.05) is 45.2 Å². The Kier molecular flexibility index (Phi) is 6.16. The van der Waals surface area contributed by atoms with Crippen molar-refractivity contribution < 1.29 is 15.0 Å². The molecular weight excluding hydrogens is 409 g/mol. The summed E-state index contributed by atoms with van der Waals surface area (Å²) in [7, 11) is 0. The summed E-state index contributed by atoms with van der Waals surface area (Å²) in [5.74, 6) is -1.27. The molecular formula is C7H4I2NaO3. The number of carboxylic acids is 1. The molecule has 0 fully saturated rings. The molecule has 3 nitrogen and oxygen atoms in total. The third kappa shape index (κ3) is 3.54. The van der Waals surface area contributed by atoms with E-state index >= 15 is 0 Å². The molecule has 0 unspecified atom stereocenters. The van der Waals surface area contributed by atoms with Crippen molar-refractivity contribution in [1.29, 1.82) is 0 Å². The number of hydrogen-bond acceptors (Lipinski definition) is 2. The molecule has 0 aliphatic carbocycles. The number of benzene rings is 1. The van der Waals surface area contributed by atoms with Crippen molar-refractivity contribution >= 4 is 80.7 Å². The molecule has 0 saturated carbocycles. The van der Waals surface area contributed by atoms with Gasteiger partial charge in [-0.3, -0.25) is 0 Å². The third-order valence-corrected chi connectivity index (χ3v) is 2.70. The maximum atomic E-state index is 10.6. The Balaban J connectivity index is 0.00000144. The van der Waals surface area contributed by atoms with Crippen LogP contribution in [0.25, 0.3) is 0 Å². The number of aromatic hydroxyl groups is 1. The van der Waals surface area contributed by atoms with E-state index in [4.69, 9.17) is 5.11 Å². The van der Waals surface area contributed by atoms with Crippen LogP contribution in [0.3, 0.4) is 0 Å². The average Bonchev–Trinajstić information content (AvgIpc) is 1.96. The van der Waals surface area contributed by atoms with Crippen molar-refractivity contribution in [2.45, 2.75) is 0 Å². The minimum atomic E-state index is -1.11. The predicted octanol–water partition coefficient (Wildman–Crippen LogP) is 1.92. The van der Waals surface area contributed by atoms with Crippen LogP contribution in [-0.4, -0.2) is 45.7 Å². The molecule has 0 amide bonds. The molecule has 0 bridgehead atoms. The molecule has 1 aromatic rings. The molecule has 0 heterocycles. The first kappa shape index (κ1) is 13.9. The van der Waals surface area contributed by atoms with Gasteiger partial charge in [-0.05, 0) is 57.3 Å². The van der Waals surface area contributed by atoms with Crippen molar-refractivity contribution in [2.24, 2.45) is 0 Å². The predicted molar refractivity (Wildman–Crippen MR) is 66.3 cm³/mol. The SMILES string of the molecule is O=C(O)c1cc(I)cc(I)c1O.[Na]. The second-order valence-corrected chi connectivity index (χ2v) is 4.50. The Hall–Kier alpha value is 0.950. The smallest absolute Gasteiger partial charge is 0.339 e. The summed E-state index contributed by atoms with van der Waals surface area (Å²) in [6.45, 7) is 0. The van der Waals surface area contributed by atoms with E-state index < -0.39 is 5.97 Å². The van der Waals surface area contributed by atoms with Crippen LogP contribution in [0.1, 0.15) is 10.4 Å². The van der Waals surface area contributed by atoms with Gasteiger partial charge in [0.2, 0.25) is 0 Å². The maximum Gasteiger partial charge on any atom is 0.339 e. The number of rotatable bonds is 1. The Morgan fingerprint density at radius 3 is 2.31 bits per heavy atom. The number of phenols is 1. The zero-order valence-electron chi connectivity index (χ0n) is 6.71. The summed E-state index contributed by atoms with van der Waals surface area (Å²) in [4.78, 5) is 10.6. The van der Waals surface area contributed by atoms with Crippen molar-refractivity contribution in [3.63, 3.8) is 0 Å². The number of carbonyl (C=O) groups is 1. The molecule has 0 aliphatic rings. The minimum Gasteiger partial charge on any atom is -0.506 e. The van der Waals surface area contributed by atoms with Crippen LogP contribution in [0.4, 0.5) is 0 Å². The van der Waals surface area contributed by atoms with Crippen LogP contribution < -0.4 is 0 Å². The Morgan fingerprint density at radius 2 is 1.85 bits per heavy atom. The fourth-order valence-corrected chi connectivity index (χ4v) is 2.57. The monoisotopic (exact) mass is 413 g/mol. The molecule has 0 spiro atoms. The number of carboxylic acid groups (broad SMARTS) is 1. The fraction of sp³-hybridized carbons (Fsp3) is 0. The van der Waals surface area contributed by atoms with Crippen molar-refractivity contribution in [3.05, 3.63) is 24.8 Å². The second-order valence-electron chi connectivity index (χ2n) is 2.09. The summed E-state index contributed by atoms with van der Waals surface area (Å²) < 4.78 is 1.35. The van der Waals surface area contributed by atoms with Gasteiger partial charge in [-0.1, -0.05) is 0 Å². The first-order valence-electron chi connectivity index (χ1n) is 2.93. The van der Waals surface area contributed by atoms with Gasteiger partial charge >= 0.3 is 5.97 Å². The molecule has 0 aliphatic heterocycles. The molecule has 1 rings (SSSR count). The van der Waals surface area contributed by atoms with E-state index in [2.05, 4.69) is 0 Å². The van der Waals surface area contributed by atoms with Gasteiger partial charge in [-0.2, -0.15) is 0 Å². The van der Waals surface area contributed by atoms with Gasteiger partial charge in [0, 0.05) is 33.1 Å². The van der Waals surface area contributed by atoms with Gasteiger partial charge in [0.05, 0.1) is 3.57 Å². The van der Waals surface area contributed by atoms with Gasteiger partial charge < -0.3 is 10.2 Å². The number of hydrogen-bond donors (Lipinski definition) is 2. The maximum absolute atomic E-state index is 10.6. The van der Waals surface area contributed by atoms with Gasteiger partial charge in [0.1, 0.15) is 11.3 Å². The average molecular weight is 413 g/mol. The van der Waals surface area contributed by atoms with E-state index in [1.54, 1.807) is 6.07 Å². The van der Waals surface area contributed by atoms with Crippen LogP contribution in [0, 0.1) is 7.14 Å². The van der Waals surface area contributed by atoms with Gasteiger partial charge in [0.25, 0.3) is 0 Å². The van der Waals surface area contributed by atoms with Gasteiger partial charge in [-0.25, -0.2) is 4.79 Å². The molecule has 0 aromatic heterocycles. The topological polar surface area (TPSA) is 57.5 Å². The van der Waals surface area contributed by atoms with Crippen LogP contribution in [0.2, 0.25) is 0 Å². The van der Waals surface area contributed by atoms with Crippen LogP contribution in [0.5, 0.6) is 5.75 Å². The van der Waals surface area contributed by atoms with E-state index in [-0.39, 0.29) is 40.9 Å². The first-order chi connectivity index (χ1) is 5.52. The summed E-state index contributed by atoms with van der Waals surface area (Å²) >= 11 is 3.89. The van der Waals surface area contributed by atoms with Crippen molar-refractivity contribution in [1.82, 2.24) is 0 Å². The zero-order valence-corrected chi connectivity index (χ0v) is 13.0. The second kappa shape index (κ2) is 5.74. The molecule has 1 radical (unpaired) electrons. The van der Waals surface area contributed by atoms with Crippen LogP contribution in [-0.2, 0) is 0 Å². The third-order valence-electron chi connectivity index (χ3n) is 1.26. The minimum absolute atomic E-state index is 0. The molecule has 1 aromatic carbocycles. The van der Waals surface area contributed by atoms with E-state index in [0.717, 1.165) is 3.57 Å². The van der Waals surface area contributed by atoms with E-state index in [1.165, 1.54) is 6.07 Å². The Morgan fingerprint density at radius 1 is 1.31 bits per heavy atom. The van der Waals surface area contributed by atoms with Crippen LogP contribution in [0.15, 0.2) is 12.1 Å². The largest absolute Gasteiger partial charge is 0.506 e. The molecule has 6 heteroatoms. The van der Waals surface area contributed by atoms with E-state index in [9.17, 15) is 9.90 Å². The normalized spacial score (nSPS) is 9.08. The Bertz CT molecular complexity index is 341. The summed E-state index contributed by atoms with van der Waals surface area (Å²) in [6, 6.07) is 3.14. The summed E-state index contributed by atoms with van der Waals surface area (Å²) in [6.07, 6.45) is 0. The molecule has 65 valence electrons. The number of halogens is 2. The van der Waals surface area contributed by atoms with Crippen LogP contribution >= 0.6 is 45.2 Å². The van der Waals surface area contributed by atoms with Crippen molar-refractivity contribution in [2.75, 3.05) is 0 Å². The Labute approximate surface area is 124 Å². The van der Waals surface area contributed by atoms with Crippen molar-refractivity contribution in [3.8, 4) is 5.75 Å². The standard InChI is InChI=1S/C7H4I2O3.Na/c8-3-1-4(7(11)12)6(10)5(9)2-3;/h1-2,10H,(H,11,12);. The van der Waals surface area contributed by atoms with Gasteiger partial charge in [-0.15, -0.1) is 0 Å². The molecule has 0 atom stereocenters. The number of aromatic carboxylic acids is 1. The zero-order chi connectivity index (χ0) is 9.30. The van der Waals surface area contributed by atoms with E-state index in [0.29, 0.717) is 3.57 Å². The summed E-state index contributed by atoms with van der Waals surface area (Å²) in [5, 5.41) is 17.9. The molecule has 13 heavy (non-hydrogen) atoms. The molecule has 0 saturated heterocycles. The molecule has 2 N–H and O–H groups in total.